The van der Waals surface area contributed by atoms with Gasteiger partial charge in [-0.05, 0) is 0 Å². The highest BCUT2D eigenvalue weighted by Crippen LogP contribution is 2.63. The summed E-state index contributed by atoms with van der Waals surface area (Å²) in [6, 6.07) is 0. The maximum absolute atomic E-state index is 13.3. The molecule has 1 N–H and O–H groups in total. The SMILES string of the molecule is CC(=O)C(F)(F)C(F)(F)C(F)(F)C(F)(F)C(F)(F)C(F)(F)C(F)(F)C(F)(F)C(=O)O. The molecule has 0 spiro atoms. The lowest BCUT2D eigenvalue weighted by molar-refractivity contribution is -0.448. The molecule has 0 radical (unpaired) electrons. The Morgan fingerprint density at radius 1 is 0.467 bits per heavy atom. The van der Waals surface area contributed by atoms with Crippen LogP contribution in [0, 0.1) is 0 Å². The van der Waals surface area contributed by atoms with Crippen LogP contribution in [0.25, 0.3) is 0 Å². The first kappa shape index (κ1) is 28.0. The normalized spacial score (nSPS) is 15.9. The van der Waals surface area contributed by atoms with E-state index in [1.165, 1.54) is 0 Å². The van der Waals surface area contributed by atoms with E-state index in [4.69, 9.17) is 5.11 Å². The zero-order valence-electron chi connectivity index (χ0n) is 13.3. The van der Waals surface area contributed by atoms with E-state index in [-0.39, 0.29) is 0 Å². The van der Waals surface area contributed by atoms with Gasteiger partial charge in [-0.2, -0.15) is 70.2 Å². The predicted octanol–water partition coefficient (Wildman–Crippen LogP) is 4.74. The van der Waals surface area contributed by atoms with E-state index < -0.39 is 66.1 Å². The number of Topliss-reactive ketones (excluding diaryl/α,β-unsaturated/α-hetero) is 1. The molecule has 0 amide bonds. The number of alkyl halides is 16. The summed E-state index contributed by atoms with van der Waals surface area (Å²) in [5, 5.41) is 7.67. The summed E-state index contributed by atoms with van der Waals surface area (Å²) in [5.41, 5.74) is 0. The van der Waals surface area contributed by atoms with E-state index in [2.05, 4.69) is 0 Å². The Hall–Kier alpha value is -1.98. The molecular formula is C11H4F16O3. The first-order valence-electron chi connectivity index (χ1n) is 6.41. The maximum atomic E-state index is 13.3. The van der Waals surface area contributed by atoms with Gasteiger partial charge >= 0.3 is 53.3 Å². The van der Waals surface area contributed by atoms with Crippen molar-refractivity contribution in [1.29, 1.82) is 0 Å². The van der Waals surface area contributed by atoms with Gasteiger partial charge in [-0.1, -0.05) is 0 Å². The minimum atomic E-state index is -8.72. The molecule has 0 atom stereocenters. The molecule has 0 aromatic carbocycles. The number of hydrogen-bond acceptors (Lipinski definition) is 2. The van der Waals surface area contributed by atoms with Crippen molar-refractivity contribution in [3.8, 4) is 0 Å². The third-order valence-corrected chi connectivity index (χ3v) is 3.47. The summed E-state index contributed by atoms with van der Waals surface area (Å²) in [4.78, 5) is 20.1. The number of aliphatic carboxylic acids is 1. The summed E-state index contributed by atoms with van der Waals surface area (Å²) in [6.45, 7) is -0.670. The number of carboxylic acids is 1. The van der Waals surface area contributed by atoms with Crippen LogP contribution in [0.15, 0.2) is 0 Å². The Morgan fingerprint density at radius 2 is 0.667 bits per heavy atom. The van der Waals surface area contributed by atoms with E-state index in [0.717, 1.165) is 0 Å². The van der Waals surface area contributed by atoms with Crippen LogP contribution >= 0.6 is 0 Å². The highest BCUT2D eigenvalue weighted by Gasteiger charge is 2.95. The summed E-state index contributed by atoms with van der Waals surface area (Å²) in [5.74, 6) is -72.7. The van der Waals surface area contributed by atoms with Gasteiger partial charge in [-0.3, -0.25) is 4.79 Å². The van der Waals surface area contributed by atoms with Gasteiger partial charge in [0.2, 0.25) is 5.78 Å². The molecule has 0 heterocycles. The minimum absolute atomic E-state index is 0.670. The number of hydrogen-bond donors (Lipinski definition) is 1. The molecule has 30 heavy (non-hydrogen) atoms. The van der Waals surface area contributed by atoms with Gasteiger partial charge in [0.15, 0.2) is 0 Å². The zero-order chi connectivity index (χ0) is 25.2. The first-order valence-corrected chi connectivity index (χ1v) is 6.41. The lowest BCUT2D eigenvalue weighted by Crippen LogP contribution is -2.75. The molecule has 0 saturated heterocycles. The second-order valence-corrected chi connectivity index (χ2v) is 5.46. The van der Waals surface area contributed by atoms with Crippen molar-refractivity contribution in [2.75, 3.05) is 0 Å². The number of halogens is 16. The van der Waals surface area contributed by atoms with Crippen molar-refractivity contribution in [3.63, 3.8) is 0 Å². The van der Waals surface area contributed by atoms with Crippen LogP contribution in [-0.2, 0) is 9.59 Å². The third-order valence-electron chi connectivity index (χ3n) is 3.47. The molecule has 0 aromatic rings. The van der Waals surface area contributed by atoms with Crippen LogP contribution in [-0.4, -0.2) is 64.2 Å². The van der Waals surface area contributed by atoms with Gasteiger partial charge < -0.3 is 5.11 Å². The van der Waals surface area contributed by atoms with Crippen LogP contribution in [0.4, 0.5) is 70.2 Å². The lowest BCUT2D eigenvalue weighted by Gasteiger charge is -2.42. The molecule has 19 heteroatoms. The lowest BCUT2D eigenvalue weighted by atomic mass is 9.87. The summed E-state index contributed by atoms with van der Waals surface area (Å²) in [7, 11) is 0. The molecule has 0 saturated carbocycles. The second kappa shape index (κ2) is 6.76. The van der Waals surface area contributed by atoms with Gasteiger partial charge in [0.1, 0.15) is 0 Å². The fraction of sp³-hybridized carbons (Fsp3) is 0.818. The van der Waals surface area contributed by atoms with Gasteiger partial charge in [-0.15, -0.1) is 0 Å². The highest BCUT2D eigenvalue weighted by molar-refractivity contribution is 5.84. The maximum Gasteiger partial charge on any atom is 0.410 e. The molecule has 0 aliphatic rings. The average molecular weight is 488 g/mol. The molecule has 0 aromatic heterocycles. The number of carboxylic acid groups (broad SMARTS) is 1. The topological polar surface area (TPSA) is 54.4 Å². The summed E-state index contributed by atoms with van der Waals surface area (Å²) >= 11 is 0. The molecule has 3 nitrogen and oxygen atoms in total. The smallest absolute Gasteiger partial charge is 0.410 e. The van der Waals surface area contributed by atoms with E-state index in [1.54, 1.807) is 0 Å². The number of ketones is 1. The molecule has 178 valence electrons. The Balaban J connectivity index is 6.90. The molecule has 0 unspecified atom stereocenters. The van der Waals surface area contributed by atoms with Crippen molar-refractivity contribution >= 4 is 11.8 Å². The Bertz CT molecular complexity index is 649. The van der Waals surface area contributed by atoms with E-state index in [1.807, 2.05) is 0 Å². The molecule has 0 bridgehead atoms. The molecule has 0 aliphatic carbocycles. The largest absolute Gasteiger partial charge is 0.477 e. The number of rotatable bonds is 9. The highest BCUT2D eigenvalue weighted by atomic mass is 19.4. The van der Waals surface area contributed by atoms with Gasteiger partial charge in [0.25, 0.3) is 0 Å². The van der Waals surface area contributed by atoms with Crippen molar-refractivity contribution < 1.29 is 84.9 Å². The molecule has 0 fully saturated rings. The minimum Gasteiger partial charge on any atom is -0.477 e. The van der Waals surface area contributed by atoms with E-state index in [0.29, 0.717) is 0 Å². The quantitative estimate of drug-likeness (QED) is 0.478. The predicted molar refractivity (Wildman–Crippen MR) is 57.9 cm³/mol. The fourth-order valence-corrected chi connectivity index (χ4v) is 1.54. The van der Waals surface area contributed by atoms with Gasteiger partial charge in [0.05, 0.1) is 0 Å². The van der Waals surface area contributed by atoms with Crippen LogP contribution in [0.1, 0.15) is 6.92 Å². The van der Waals surface area contributed by atoms with Crippen LogP contribution in [0.3, 0.4) is 0 Å². The fourth-order valence-electron chi connectivity index (χ4n) is 1.54. The van der Waals surface area contributed by atoms with Gasteiger partial charge in [-0.25, -0.2) is 4.79 Å². The third kappa shape index (κ3) is 3.05. The zero-order valence-corrected chi connectivity index (χ0v) is 13.3. The second-order valence-electron chi connectivity index (χ2n) is 5.46. The molecular weight excluding hydrogens is 484 g/mol. The molecule has 0 aliphatic heterocycles. The Labute approximate surface area is 152 Å². The average Bonchev–Trinajstić information content (AvgIpc) is 2.52. The molecule has 0 rings (SSSR count). The van der Waals surface area contributed by atoms with Crippen LogP contribution < -0.4 is 0 Å². The Kier molecular flexibility index (Phi) is 6.31. The van der Waals surface area contributed by atoms with Crippen LogP contribution in [0.2, 0.25) is 0 Å². The summed E-state index contributed by atoms with van der Waals surface area (Å²) < 4.78 is 209. The van der Waals surface area contributed by atoms with E-state index in [9.17, 15) is 79.8 Å². The van der Waals surface area contributed by atoms with Crippen molar-refractivity contribution in [2.24, 2.45) is 0 Å². The monoisotopic (exact) mass is 488 g/mol. The summed E-state index contributed by atoms with van der Waals surface area (Å²) in [6.07, 6.45) is 0. The van der Waals surface area contributed by atoms with Crippen molar-refractivity contribution in [3.05, 3.63) is 0 Å². The number of carbonyl (C=O) groups is 2. The first-order chi connectivity index (χ1) is 12.6. The Morgan fingerprint density at radius 3 is 0.867 bits per heavy atom. The number of carbonyl (C=O) groups excluding carboxylic acids is 1. The van der Waals surface area contributed by atoms with Crippen molar-refractivity contribution in [1.82, 2.24) is 0 Å². The van der Waals surface area contributed by atoms with Gasteiger partial charge in [0, 0.05) is 6.92 Å². The van der Waals surface area contributed by atoms with E-state index >= 15 is 0 Å². The van der Waals surface area contributed by atoms with Crippen molar-refractivity contribution in [2.45, 2.75) is 54.3 Å². The van der Waals surface area contributed by atoms with Crippen LogP contribution in [0.5, 0.6) is 0 Å². The standard InChI is InChI=1S/C11H4F16O3/c1-2(28)4(12,13)6(16,17)8(20,21)10(24,25)11(26,27)9(22,23)7(18,19)5(14,15)3(29)30/h1H3,(H,29,30).